The van der Waals surface area contributed by atoms with Crippen LogP contribution in [0.4, 0.5) is 0 Å². The van der Waals surface area contributed by atoms with Gasteiger partial charge in [0, 0.05) is 16.7 Å². The summed E-state index contributed by atoms with van der Waals surface area (Å²) in [5.41, 5.74) is 0.0983. The van der Waals surface area contributed by atoms with Gasteiger partial charge < -0.3 is 0 Å². The zero-order valence-electron chi connectivity index (χ0n) is 10.4. The standard InChI is InChI=1S/C14H8O5S.ClH/c15-13-8-4-1-2-5-9(8)14(16)12-10(13)6-3-7-11(12)20(17,18)19;/h1-7H,(H,17,18,19);1H. The van der Waals surface area contributed by atoms with Crippen molar-refractivity contribution >= 4 is 34.1 Å². The zero-order chi connectivity index (χ0) is 14.5. The molecule has 0 spiro atoms. The first kappa shape index (κ1) is 15.4. The summed E-state index contributed by atoms with van der Waals surface area (Å²) in [5, 5.41) is 0. The summed E-state index contributed by atoms with van der Waals surface area (Å²) in [7, 11) is -4.58. The third-order valence-electron chi connectivity index (χ3n) is 3.19. The lowest BCUT2D eigenvalue weighted by atomic mass is 9.84. The van der Waals surface area contributed by atoms with E-state index < -0.39 is 26.6 Å². The number of hydrogen-bond acceptors (Lipinski definition) is 4. The fourth-order valence-corrected chi connectivity index (χ4v) is 3.04. The highest BCUT2D eigenvalue weighted by atomic mass is 35.5. The second-order valence-corrected chi connectivity index (χ2v) is 5.75. The Hall–Kier alpha value is -2.02. The number of rotatable bonds is 1. The molecule has 0 saturated heterocycles. The molecule has 0 radical (unpaired) electrons. The summed E-state index contributed by atoms with van der Waals surface area (Å²) in [5.74, 6) is -1.01. The van der Waals surface area contributed by atoms with Gasteiger partial charge in [-0.25, -0.2) is 0 Å². The summed E-state index contributed by atoms with van der Waals surface area (Å²) in [6.07, 6.45) is 0. The summed E-state index contributed by atoms with van der Waals surface area (Å²) in [6.45, 7) is 0. The Morgan fingerprint density at radius 1 is 0.762 bits per heavy atom. The molecule has 0 fully saturated rings. The van der Waals surface area contributed by atoms with E-state index >= 15 is 0 Å². The van der Waals surface area contributed by atoms with Crippen molar-refractivity contribution in [3.8, 4) is 0 Å². The molecule has 0 saturated carbocycles. The quantitative estimate of drug-likeness (QED) is 0.693. The number of ketones is 2. The van der Waals surface area contributed by atoms with Crippen LogP contribution >= 0.6 is 12.4 Å². The average Bonchev–Trinajstić information content (AvgIpc) is 2.43. The van der Waals surface area contributed by atoms with Crippen LogP contribution in [0.1, 0.15) is 31.8 Å². The van der Waals surface area contributed by atoms with Crippen LogP contribution in [-0.2, 0) is 10.1 Å². The van der Waals surface area contributed by atoms with E-state index in [4.69, 9.17) is 0 Å². The molecule has 0 bridgehead atoms. The molecule has 3 rings (SSSR count). The molecular weight excluding hydrogens is 316 g/mol. The molecule has 108 valence electrons. The Morgan fingerprint density at radius 3 is 1.86 bits per heavy atom. The van der Waals surface area contributed by atoms with Gasteiger partial charge in [-0.15, -0.1) is 12.4 Å². The van der Waals surface area contributed by atoms with Crippen LogP contribution in [0.15, 0.2) is 47.4 Å². The maximum atomic E-state index is 12.4. The van der Waals surface area contributed by atoms with Crippen LogP contribution in [0.25, 0.3) is 0 Å². The van der Waals surface area contributed by atoms with Crippen molar-refractivity contribution < 1.29 is 22.6 Å². The third-order valence-corrected chi connectivity index (χ3v) is 4.09. The minimum atomic E-state index is -4.58. The molecule has 0 amide bonds. The number of fused-ring (bicyclic) bond motifs is 2. The fourth-order valence-electron chi connectivity index (χ4n) is 2.33. The fraction of sp³-hybridized carbons (Fsp3) is 0. The maximum Gasteiger partial charge on any atom is 0.295 e. The van der Waals surface area contributed by atoms with Gasteiger partial charge in [-0.2, -0.15) is 8.42 Å². The largest absolute Gasteiger partial charge is 0.295 e. The van der Waals surface area contributed by atoms with Gasteiger partial charge in [-0.05, 0) is 6.07 Å². The number of hydrogen-bond donors (Lipinski definition) is 1. The number of carbonyl (C=O) groups is 2. The highest BCUT2D eigenvalue weighted by molar-refractivity contribution is 7.86. The van der Waals surface area contributed by atoms with Crippen molar-refractivity contribution in [3.63, 3.8) is 0 Å². The normalized spacial score (nSPS) is 13.2. The minimum absolute atomic E-state index is 0. The van der Waals surface area contributed by atoms with Crippen molar-refractivity contribution in [2.75, 3.05) is 0 Å². The van der Waals surface area contributed by atoms with Crippen LogP contribution in [0.3, 0.4) is 0 Å². The second-order valence-electron chi connectivity index (χ2n) is 4.36. The Kier molecular flexibility index (Phi) is 3.71. The van der Waals surface area contributed by atoms with Crippen molar-refractivity contribution in [1.82, 2.24) is 0 Å². The number of benzene rings is 2. The molecule has 0 aliphatic heterocycles. The molecule has 0 heterocycles. The molecule has 5 nitrogen and oxygen atoms in total. The lowest BCUT2D eigenvalue weighted by Crippen LogP contribution is -2.23. The van der Waals surface area contributed by atoms with Crippen LogP contribution in [0.2, 0.25) is 0 Å². The van der Waals surface area contributed by atoms with Gasteiger partial charge in [-0.1, -0.05) is 36.4 Å². The van der Waals surface area contributed by atoms with E-state index in [0.29, 0.717) is 0 Å². The molecular formula is C14H9ClO5S. The summed E-state index contributed by atoms with van der Waals surface area (Å²) < 4.78 is 31.9. The van der Waals surface area contributed by atoms with E-state index in [9.17, 15) is 22.6 Å². The molecule has 0 aromatic heterocycles. The van der Waals surface area contributed by atoms with Gasteiger partial charge in [0.05, 0.1) is 5.56 Å². The van der Waals surface area contributed by atoms with E-state index in [1.54, 1.807) is 12.1 Å². The van der Waals surface area contributed by atoms with E-state index in [1.165, 1.54) is 24.3 Å². The molecule has 21 heavy (non-hydrogen) atoms. The van der Waals surface area contributed by atoms with Gasteiger partial charge in [0.25, 0.3) is 10.1 Å². The predicted molar refractivity (Wildman–Crippen MR) is 76.8 cm³/mol. The van der Waals surface area contributed by atoms with Gasteiger partial charge >= 0.3 is 0 Å². The monoisotopic (exact) mass is 324 g/mol. The van der Waals surface area contributed by atoms with Gasteiger partial charge in [0.2, 0.25) is 0 Å². The molecule has 2 aromatic carbocycles. The van der Waals surface area contributed by atoms with Crippen molar-refractivity contribution in [3.05, 3.63) is 64.7 Å². The molecule has 0 unspecified atom stereocenters. The predicted octanol–water partition coefficient (Wildman–Crippen LogP) is 2.13. The molecule has 1 aliphatic carbocycles. The van der Waals surface area contributed by atoms with Gasteiger partial charge in [0.1, 0.15) is 4.90 Å². The Bertz CT molecular complexity index is 871. The summed E-state index contributed by atoms with van der Waals surface area (Å²) >= 11 is 0. The smallest absolute Gasteiger partial charge is 0.289 e. The lowest BCUT2D eigenvalue weighted by Gasteiger charge is -2.18. The summed E-state index contributed by atoms with van der Waals surface area (Å²) in [4.78, 5) is 24.2. The van der Waals surface area contributed by atoms with E-state index in [2.05, 4.69) is 0 Å². The maximum absolute atomic E-state index is 12.4. The van der Waals surface area contributed by atoms with Crippen molar-refractivity contribution in [2.45, 2.75) is 4.90 Å². The zero-order valence-corrected chi connectivity index (χ0v) is 12.1. The minimum Gasteiger partial charge on any atom is -0.289 e. The van der Waals surface area contributed by atoms with E-state index in [1.807, 2.05) is 0 Å². The molecule has 0 atom stereocenters. The molecule has 1 N–H and O–H groups in total. The topological polar surface area (TPSA) is 88.5 Å². The van der Waals surface area contributed by atoms with Crippen molar-refractivity contribution in [2.24, 2.45) is 0 Å². The third kappa shape index (κ3) is 2.27. The molecule has 2 aromatic rings. The molecule has 7 heteroatoms. The van der Waals surface area contributed by atoms with Crippen LogP contribution in [0.5, 0.6) is 0 Å². The first-order chi connectivity index (χ1) is 9.41. The Morgan fingerprint density at radius 2 is 1.29 bits per heavy atom. The summed E-state index contributed by atoms with van der Waals surface area (Å²) in [6, 6.07) is 9.99. The van der Waals surface area contributed by atoms with Gasteiger partial charge in [-0.3, -0.25) is 14.1 Å². The van der Waals surface area contributed by atoms with E-state index in [-0.39, 0.29) is 34.7 Å². The van der Waals surface area contributed by atoms with Crippen LogP contribution in [0, 0.1) is 0 Å². The van der Waals surface area contributed by atoms with Gasteiger partial charge in [0.15, 0.2) is 11.6 Å². The first-order valence-corrected chi connectivity index (χ1v) is 7.14. The van der Waals surface area contributed by atoms with Crippen LogP contribution < -0.4 is 0 Å². The Balaban J connectivity index is 0.00000161. The lowest BCUT2D eigenvalue weighted by molar-refractivity contribution is 0.0976. The highest BCUT2D eigenvalue weighted by Gasteiger charge is 2.33. The first-order valence-electron chi connectivity index (χ1n) is 5.70. The highest BCUT2D eigenvalue weighted by Crippen LogP contribution is 2.31. The van der Waals surface area contributed by atoms with E-state index in [0.717, 1.165) is 6.07 Å². The SMILES string of the molecule is Cl.O=C1c2ccccc2C(=O)c2c1cccc2S(=O)(=O)O. The molecule has 1 aliphatic rings. The Labute approximate surface area is 126 Å². The number of carbonyl (C=O) groups excluding carboxylic acids is 2. The average molecular weight is 325 g/mol. The van der Waals surface area contributed by atoms with Crippen molar-refractivity contribution in [1.29, 1.82) is 0 Å². The number of halogens is 1. The van der Waals surface area contributed by atoms with Crippen LogP contribution in [-0.4, -0.2) is 24.5 Å². The second kappa shape index (κ2) is 5.07.